The molecule has 0 aliphatic heterocycles. The van der Waals surface area contributed by atoms with Gasteiger partial charge in [-0.2, -0.15) is 0 Å². The molecule has 1 aliphatic rings. The molecule has 0 unspecified atom stereocenters. The Balaban J connectivity index is 2.10. The van der Waals surface area contributed by atoms with Gasteiger partial charge >= 0.3 is 0 Å². The third kappa shape index (κ3) is 2.44. The highest BCUT2D eigenvalue weighted by atomic mass is 16.5. The Kier molecular flexibility index (Phi) is 4.09. The predicted octanol–water partition coefficient (Wildman–Crippen LogP) is 1.23. The Morgan fingerprint density at radius 3 is 2.56 bits per heavy atom. The minimum atomic E-state index is 0.594. The van der Waals surface area contributed by atoms with Crippen molar-refractivity contribution >= 4 is 0 Å². The van der Waals surface area contributed by atoms with E-state index in [1.807, 2.05) is 0 Å². The molecule has 2 rings (SSSR count). The Morgan fingerprint density at radius 1 is 1.28 bits per heavy atom. The van der Waals surface area contributed by atoms with E-state index in [0.29, 0.717) is 12.5 Å². The van der Waals surface area contributed by atoms with Crippen LogP contribution >= 0.6 is 0 Å². The molecule has 1 aromatic rings. The Morgan fingerprint density at radius 2 is 1.94 bits per heavy atom. The van der Waals surface area contributed by atoms with Gasteiger partial charge in [-0.1, -0.05) is 0 Å². The van der Waals surface area contributed by atoms with Crippen LogP contribution in [0.5, 0.6) is 11.5 Å². The van der Waals surface area contributed by atoms with Crippen molar-refractivity contribution in [2.45, 2.75) is 12.3 Å². The number of ether oxygens (including phenoxy) is 2. The third-order valence-electron chi connectivity index (χ3n) is 3.59. The zero-order valence-electron chi connectivity index (χ0n) is 11.4. The molecule has 4 nitrogen and oxygen atoms in total. The molecule has 1 atom stereocenters. The fourth-order valence-electron chi connectivity index (χ4n) is 2.59. The molecule has 2 N–H and O–H groups in total. The molecule has 0 bridgehead atoms. The second kappa shape index (κ2) is 5.59. The summed E-state index contributed by atoms with van der Waals surface area (Å²) in [5, 5.41) is 0. The first-order valence-electron chi connectivity index (χ1n) is 6.33. The average molecular weight is 250 g/mol. The van der Waals surface area contributed by atoms with Crippen LogP contribution in [0.3, 0.4) is 0 Å². The van der Waals surface area contributed by atoms with Crippen LogP contribution in [0.25, 0.3) is 0 Å². The van der Waals surface area contributed by atoms with Gasteiger partial charge in [0.1, 0.15) is 0 Å². The van der Waals surface area contributed by atoms with Crippen LogP contribution in [0, 0.1) is 0 Å². The van der Waals surface area contributed by atoms with Crippen molar-refractivity contribution in [1.82, 2.24) is 4.90 Å². The first kappa shape index (κ1) is 13.2. The number of likely N-dealkylation sites (N-methyl/N-ethyl adjacent to an activating group) is 1. The summed E-state index contributed by atoms with van der Waals surface area (Å²) >= 11 is 0. The predicted molar refractivity (Wildman–Crippen MR) is 72.5 cm³/mol. The van der Waals surface area contributed by atoms with Crippen LogP contribution in [0.15, 0.2) is 12.1 Å². The highest BCUT2D eigenvalue weighted by molar-refractivity contribution is 5.53. The lowest BCUT2D eigenvalue weighted by molar-refractivity contribution is 0.303. The van der Waals surface area contributed by atoms with E-state index >= 15 is 0 Å². The second-order valence-electron chi connectivity index (χ2n) is 4.86. The molecule has 0 aromatic heterocycles. The van der Waals surface area contributed by atoms with Gasteiger partial charge in [-0.05, 0) is 36.7 Å². The number of nitrogens with two attached hydrogens (primary N) is 1. The number of rotatable bonds is 6. The molecule has 0 spiro atoms. The quantitative estimate of drug-likeness (QED) is 0.825. The van der Waals surface area contributed by atoms with E-state index in [2.05, 4.69) is 24.1 Å². The molecule has 4 heteroatoms. The van der Waals surface area contributed by atoms with Crippen LogP contribution in [-0.4, -0.2) is 45.8 Å². The number of fused-ring (bicyclic) bond motifs is 1. The van der Waals surface area contributed by atoms with Crippen molar-refractivity contribution in [3.63, 3.8) is 0 Å². The molecule has 0 saturated carbocycles. The third-order valence-corrected chi connectivity index (χ3v) is 3.59. The normalized spacial score (nSPS) is 17.3. The lowest BCUT2D eigenvalue weighted by Crippen LogP contribution is -2.33. The fraction of sp³-hybridized carbons (Fsp3) is 0.571. The minimum absolute atomic E-state index is 0.594. The summed E-state index contributed by atoms with van der Waals surface area (Å²) in [6.07, 6.45) is 1.12. The van der Waals surface area contributed by atoms with Crippen LogP contribution in [0.2, 0.25) is 0 Å². The van der Waals surface area contributed by atoms with Gasteiger partial charge in [0.05, 0.1) is 14.2 Å². The van der Waals surface area contributed by atoms with Crippen molar-refractivity contribution in [3.8, 4) is 11.5 Å². The van der Waals surface area contributed by atoms with Gasteiger partial charge in [0.15, 0.2) is 11.5 Å². The SMILES string of the molecule is COc1cc2c(cc1OC)[C@H](CN(C)CCN)C2. The maximum absolute atomic E-state index is 5.56. The molecule has 0 fully saturated rings. The van der Waals surface area contributed by atoms with Crippen molar-refractivity contribution in [2.75, 3.05) is 40.9 Å². The van der Waals surface area contributed by atoms with Crippen LogP contribution < -0.4 is 15.2 Å². The van der Waals surface area contributed by atoms with E-state index in [4.69, 9.17) is 15.2 Å². The van der Waals surface area contributed by atoms with Crippen molar-refractivity contribution in [2.24, 2.45) is 5.73 Å². The van der Waals surface area contributed by atoms with E-state index in [0.717, 1.165) is 31.0 Å². The highest BCUT2D eigenvalue weighted by Gasteiger charge is 2.29. The number of hydrogen-bond acceptors (Lipinski definition) is 4. The molecule has 100 valence electrons. The van der Waals surface area contributed by atoms with Crippen LogP contribution in [0.1, 0.15) is 17.0 Å². The average Bonchev–Trinajstić information content (AvgIpc) is 2.35. The van der Waals surface area contributed by atoms with E-state index in [-0.39, 0.29) is 0 Å². The molecule has 1 aliphatic carbocycles. The lowest BCUT2D eigenvalue weighted by Gasteiger charge is -2.34. The molecule has 0 heterocycles. The highest BCUT2D eigenvalue weighted by Crippen LogP contribution is 2.42. The Hall–Kier alpha value is -1.26. The summed E-state index contributed by atoms with van der Waals surface area (Å²) in [6, 6.07) is 4.20. The van der Waals surface area contributed by atoms with E-state index in [9.17, 15) is 0 Å². The number of benzene rings is 1. The van der Waals surface area contributed by atoms with Gasteiger partial charge in [0.2, 0.25) is 0 Å². The first-order valence-corrected chi connectivity index (χ1v) is 6.33. The summed E-state index contributed by atoms with van der Waals surface area (Å²) in [7, 11) is 5.47. The lowest BCUT2D eigenvalue weighted by atomic mass is 9.77. The molecule has 0 amide bonds. The maximum atomic E-state index is 5.56. The van der Waals surface area contributed by atoms with Gasteiger partial charge in [0.25, 0.3) is 0 Å². The monoisotopic (exact) mass is 250 g/mol. The van der Waals surface area contributed by atoms with Gasteiger partial charge in [-0.25, -0.2) is 0 Å². The van der Waals surface area contributed by atoms with Crippen molar-refractivity contribution in [3.05, 3.63) is 23.3 Å². The molecule has 1 aromatic carbocycles. The summed E-state index contributed by atoms with van der Waals surface area (Å²) in [5.41, 5.74) is 8.32. The smallest absolute Gasteiger partial charge is 0.161 e. The number of methoxy groups -OCH3 is 2. The fourth-order valence-corrected chi connectivity index (χ4v) is 2.59. The summed E-state index contributed by atoms with van der Waals surface area (Å²) in [4.78, 5) is 2.28. The van der Waals surface area contributed by atoms with Crippen molar-refractivity contribution < 1.29 is 9.47 Å². The van der Waals surface area contributed by atoms with Gasteiger partial charge in [-0.3, -0.25) is 0 Å². The minimum Gasteiger partial charge on any atom is -0.493 e. The molecule has 18 heavy (non-hydrogen) atoms. The van der Waals surface area contributed by atoms with Gasteiger partial charge in [0, 0.05) is 25.6 Å². The summed E-state index contributed by atoms with van der Waals surface area (Å²) in [6.45, 7) is 2.71. The van der Waals surface area contributed by atoms with Gasteiger partial charge < -0.3 is 20.1 Å². The van der Waals surface area contributed by atoms with Crippen LogP contribution in [-0.2, 0) is 6.42 Å². The molecule has 0 saturated heterocycles. The number of hydrogen-bond donors (Lipinski definition) is 1. The van der Waals surface area contributed by atoms with E-state index < -0.39 is 0 Å². The maximum Gasteiger partial charge on any atom is 0.161 e. The largest absolute Gasteiger partial charge is 0.493 e. The van der Waals surface area contributed by atoms with Crippen molar-refractivity contribution in [1.29, 1.82) is 0 Å². The molecule has 0 radical (unpaired) electrons. The summed E-state index contributed by atoms with van der Waals surface area (Å²) < 4.78 is 10.7. The van der Waals surface area contributed by atoms with Crippen LogP contribution in [0.4, 0.5) is 0 Å². The topological polar surface area (TPSA) is 47.7 Å². The molecular weight excluding hydrogens is 228 g/mol. The standard InChI is InChI=1S/C14H22N2O2/c1-16(5-4-15)9-11-6-10-7-13(17-2)14(18-3)8-12(10)11/h7-8,11H,4-6,9,15H2,1-3H3/t11-/m0/s1. The van der Waals surface area contributed by atoms with Gasteiger partial charge in [-0.15, -0.1) is 0 Å². The zero-order chi connectivity index (χ0) is 13.1. The Bertz CT molecular complexity index is 421. The second-order valence-corrected chi connectivity index (χ2v) is 4.86. The van der Waals surface area contributed by atoms with E-state index in [1.54, 1.807) is 14.2 Å². The zero-order valence-corrected chi connectivity index (χ0v) is 11.4. The molecular formula is C14H22N2O2. The van der Waals surface area contributed by atoms with E-state index in [1.165, 1.54) is 11.1 Å². The Labute approximate surface area is 109 Å². The number of nitrogens with zero attached hydrogens (tertiary/aromatic N) is 1. The first-order chi connectivity index (χ1) is 8.69. The summed E-state index contributed by atoms with van der Waals surface area (Å²) in [5.74, 6) is 2.24.